The average Bonchev–Trinajstić information content (AvgIpc) is 3.40. The van der Waals surface area contributed by atoms with Gasteiger partial charge < -0.3 is 9.64 Å². The van der Waals surface area contributed by atoms with E-state index in [2.05, 4.69) is 10.2 Å². The van der Waals surface area contributed by atoms with E-state index in [1.165, 1.54) is 12.4 Å². The Labute approximate surface area is 140 Å². The van der Waals surface area contributed by atoms with Crippen molar-refractivity contribution in [3.8, 4) is 0 Å². The molecule has 1 aliphatic carbocycles. The topological polar surface area (TPSA) is 92.7 Å². The number of amides is 1. The van der Waals surface area contributed by atoms with Crippen LogP contribution >= 0.6 is 0 Å². The zero-order valence-electron chi connectivity index (χ0n) is 13.2. The molecule has 2 saturated heterocycles. The predicted molar refractivity (Wildman–Crippen MR) is 84.7 cm³/mol. The van der Waals surface area contributed by atoms with Gasteiger partial charge in [-0.2, -0.15) is 14.5 Å². The van der Waals surface area contributed by atoms with Gasteiger partial charge in [-0.1, -0.05) is 0 Å². The normalized spacial score (nSPS) is 28.4. The van der Waals surface area contributed by atoms with Crippen molar-refractivity contribution >= 4 is 15.9 Å². The number of carbonyl (C=O) groups excluding carboxylic acids is 1. The first-order valence-electron chi connectivity index (χ1n) is 8.20. The monoisotopic (exact) mass is 352 g/mol. The molecule has 1 saturated carbocycles. The molecule has 1 aromatic heterocycles. The molecule has 2 aliphatic heterocycles. The van der Waals surface area contributed by atoms with Crippen LogP contribution in [-0.4, -0.2) is 77.9 Å². The van der Waals surface area contributed by atoms with E-state index in [0.29, 0.717) is 38.4 Å². The van der Waals surface area contributed by atoms with Crippen LogP contribution in [0.2, 0.25) is 0 Å². The van der Waals surface area contributed by atoms with E-state index in [1.807, 2.05) is 0 Å². The van der Waals surface area contributed by atoms with E-state index in [0.717, 1.165) is 12.8 Å². The second-order valence-electron chi connectivity index (χ2n) is 6.71. The van der Waals surface area contributed by atoms with Gasteiger partial charge >= 0.3 is 0 Å². The molecule has 130 valence electrons. The number of hydrogen-bond acceptors (Lipinski definition) is 6. The molecule has 2 bridgehead atoms. The maximum absolute atomic E-state index is 12.7. The Morgan fingerprint density at radius 3 is 2.71 bits per heavy atom. The smallest absolute Gasteiger partial charge is 0.255 e. The molecular weight excluding hydrogens is 332 g/mol. The van der Waals surface area contributed by atoms with Crippen LogP contribution in [0.25, 0.3) is 0 Å². The van der Waals surface area contributed by atoms with Crippen LogP contribution in [0.3, 0.4) is 0 Å². The third-order valence-corrected chi connectivity index (χ3v) is 7.22. The summed E-state index contributed by atoms with van der Waals surface area (Å²) in [5.74, 6) is -0.141. The summed E-state index contributed by atoms with van der Waals surface area (Å²) in [6, 6.07) is 1.31. The lowest BCUT2D eigenvalue weighted by Gasteiger charge is -2.30. The zero-order valence-corrected chi connectivity index (χ0v) is 14.1. The SMILES string of the molecule is O=C(c1ccnnc1)N1C[C@@H]2COC[C@H](C1)N(S(=O)(=O)C1CC1)C2. The van der Waals surface area contributed by atoms with E-state index in [4.69, 9.17) is 4.74 Å². The van der Waals surface area contributed by atoms with Crippen molar-refractivity contribution < 1.29 is 17.9 Å². The van der Waals surface area contributed by atoms with E-state index < -0.39 is 10.0 Å². The molecule has 24 heavy (non-hydrogen) atoms. The lowest BCUT2D eigenvalue weighted by atomic mass is 10.1. The third kappa shape index (κ3) is 2.91. The molecule has 2 atom stereocenters. The largest absolute Gasteiger partial charge is 0.379 e. The van der Waals surface area contributed by atoms with Gasteiger partial charge in [0.25, 0.3) is 5.91 Å². The van der Waals surface area contributed by atoms with Gasteiger partial charge in [-0.3, -0.25) is 4.79 Å². The molecule has 0 unspecified atom stereocenters. The Morgan fingerprint density at radius 2 is 2.00 bits per heavy atom. The highest BCUT2D eigenvalue weighted by Crippen LogP contribution is 2.34. The zero-order chi connectivity index (χ0) is 16.7. The Balaban J connectivity index is 1.60. The highest BCUT2D eigenvalue weighted by Gasteiger charge is 2.46. The quantitative estimate of drug-likeness (QED) is 0.744. The minimum absolute atomic E-state index is 0.00947. The summed E-state index contributed by atoms with van der Waals surface area (Å²) in [5.41, 5.74) is 0.475. The Bertz CT molecular complexity index is 722. The highest BCUT2D eigenvalue weighted by atomic mass is 32.2. The van der Waals surface area contributed by atoms with Gasteiger partial charge in [-0.25, -0.2) is 8.42 Å². The second kappa shape index (κ2) is 6.05. The van der Waals surface area contributed by atoms with Crippen molar-refractivity contribution in [3.63, 3.8) is 0 Å². The van der Waals surface area contributed by atoms with E-state index >= 15 is 0 Å². The van der Waals surface area contributed by atoms with Crippen LogP contribution in [0, 0.1) is 5.92 Å². The summed E-state index contributed by atoms with van der Waals surface area (Å²) in [4.78, 5) is 14.5. The molecule has 4 rings (SSSR count). The lowest BCUT2D eigenvalue weighted by Crippen LogP contribution is -2.48. The fourth-order valence-corrected chi connectivity index (χ4v) is 5.52. The molecule has 0 spiro atoms. The van der Waals surface area contributed by atoms with Gasteiger partial charge in [0.2, 0.25) is 10.0 Å². The first-order valence-corrected chi connectivity index (χ1v) is 9.70. The van der Waals surface area contributed by atoms with Gasteiger partial charge in [-0.05, 0) is 18.9 Å². The lowest BCUT2D eigenvalue weighted by molar-refractivity contribution is 0.0459. The number of fused-ring (bicyclic) bond motifs is 3. The third-order valence-electron chi connectivity index (χ3n) is 4.81. The van der Waals surface area contributed by atoms with Crippen molar-refractivity contribution in [2.75, 3.05) is 32.8 Å². The molecule has 0 N–H and O–H groups in total. The summed E-state index contributed by atoms with van der Waals surface area (Å²) < 4.78 is 32.7. The first kappa shape index (κ1) is 15.9. The maximum Gasteiger partial charge on any atom is 0.255 e. The van der Waals surface area contributed by atoms with Crippen LogP contribution in [0.4, 0.5) is 0 Å². The molecule has 0 aromatic carbocycles. The van der Waals surface area contributed by atoms with Crippen molar-refractivity contribution in [3.05, 3.63) is 24.0 Å². The number of rotatable bonds is 3. The van der Waals surface area contributed by atoms with Gasteiger partial charge in [0.15, 0.2) is 0 Å². The summed E-state index contributed by atoms with van der Waals surface area (Å²) in [6.07, 6.45) is 4.40. The van der Waals surface area contributed by atoms with Gasteiger partial charge in [0.05, 0.1) is 42.5 Å². The van der Waals surface area contributed by atoms with Crippen LogP contribution in [0.5, 0.6) is 0 Å². The molecule has 3 fully saturated rings. The molecule has 1 aromatic rings. The molecule has 9 heteroatoms. The molecule has 3 aliphatic rings. The van der Waals surface area contributed by atoms with Crippen molar-refractivity contribution in [1.82, 2.24) is 19.4 Å². The number of aromatic nitrogens is 2. The van der Waals surface area contributed by atoms with Gasteiger partial charge in [0, 0.05) is 25.6 Å². The standard InChI is InChI=1S/C15H20N4O4S/c20-15(12-3-4-16-17-5-12)18-6-11-7-19(13(8-18)10-23-9-11)24(21,22)14-1-2-14/h3-5,11,13-14H,1-2,6-10H2/t11-,13-/m0/s1. The van der Waals surface area contributed by atoms with Crippen molar-refractivity contribution in [2.45, 2.75) is 24.1 Å². The van der Waals surface area contributed by atoms with E-state index in [9.17, 15) is 13.2 Å². The molecule has 8 nitrogen and oxygen atoms in total. The number of ether oxygens (including phenoxy) is 1. The molecule has 0 radical (unpaired) electrons. The Kier molecular flexibility index (Phi) is 4.01. The fourth-order valence-electron chi connectivity index (χ4n) is 3.44. The van der Waals surface area contributed by atoms with Crippen LogP contribution in [0.15, 0.2) is 18.5 Å². The maximum atomic E-state index is 12.7. The molecular formula is C15H20N4O4S. The van der Waals surface area contributed by atoms with Crippen LogP contribution < -0.4 is 0 Å². The predicted octanol–water partition coefficient (Wildman–Crippen LogP) is -0.258. The Hall–Kier alpha value is -1.58. The van der Waals surface area contributed by atoms with Crippen LogP contribution in [-0.2, 0) is 14.8 Å². The summed E-state index contributed by atoms with van der Waals surface area (Å²) in [5, 5.41) is 7.20. The van der Waals surface area contributed by atoms with E-state index in [-0.39, 0.29) is 23.1 Å². The average molecular weight is 352 g/mol. The number of carbonyl (C=O) groups is 1. The Morgan fingerprint density at radius 1 is 1.17 bits per heavy atom. The number of sulfonamides is 1. The second-order valence-corrected chi connectivity index (χ2v) is 8.88. The summed E-state index contributed by atoms with van der Waals surface area (Å²) in [7, 11) is -3.29. The minimum Gasteiger partial charge on any atom is -0.379 e. The molecule has 3 heterocycles. The van der Waals surface area contributed by atoms with E-state index in [1.54, 1.807) is 15.3 Å². The van der Waals surface area contributed by atoms with Gasteiger partial charge in [-0.15, -0.1) is 0 Å². The summed E-state index contributed by atoms with van der Waals surface area (Å²) in [6.45, 7) is 2.09. The fraction of sp³-hybridized carbons (Fsp3) is 0.667. The van der Waals surface area contributed by atoms with Crippen LogP contribution in [0.1, 0.15) is 23.2 Å². The number of hydrogen-bond donors (Lipinski definition) is 0. The minimum atomic E-state index is -3.29. The first-order chi connectivity index (χ1) is 11.6. The van der Waals surface area contributed by atoms with Gasteiger partial charge in [0.1, 0.15) is 0 Å². The molecule has 1 amide bonds. The number of nitrogens with zero attached hydrogens (tertiary/aromatic N) is 4. The summed E-state index contributed by atoms with van der Waals surface area (Å²) >= 11 is 0. The van der Waals surface area contributed by atoms with Crippen molar-refractivity contribution in [1.29, 1.82) is 0 Å². The highest BCUT2D eigenvalue weighted by molar-refractivity contribution is 7.90. The van der Waals surface area contributed by atoms with Crippen molar-refractivity contribution in [2.24, 2.45) is 5.92 Å².